The minimum Gasteiger partial charge on any atom is -0.383 e. The van der Waals surface area contributed by atoms with E-state index in [-0.39, 0.29) is 5.91 Å². The van der Waals surface area contributed by atoms with Gasteiger partial charge in [0.05, 0.1) is 0 Å². The summed E-state index contributed by atoms with van der Waals surface area (Å²) in [6.07, 6.45) is 6.58. The van der Waals surface area contributed by atoms with Crippen LogP contribution in [0.5, 0.6) is 0 Å². The van der Waals surface area contributed by atoms with Gasteiger partial charge in [0.15, 0.2) is 0 Å². The number of aryl methyl sites for hydroxylation is 1. The molecule has 1 aliphatic rings. The Hall–Kier alpha value is -1.40. The normalized spacial score (nSPS) is 17.5. The molecule has 1 N–H and O–H groups in total. The summed E-state index contributed by atoms with van der Waals surface area (Å²) in [7, 11) is 4.19. The molecule has 2 rings (SSSR count). The molecule has 1 amide bonds. The first-order valence-electron chi connectivity index (χ1n) is 9.51. The highest BCUT2D eigenvalue weighted by atomic mass is 16.3. The van der Waals surface area contributed by atoms with Crippen LogP contribution in [0.3, 0.4) is 0 Å². The van der Waals surface area contributed by atoms with Crippen molar-refractivity contribution in [1.29, 1.82) is 0 Å². The Morgan fingerprint density at radius 2 is 2.04 bits per heavy atom. The van der Waals surface area contributed by atoms with Gasteiger partial charge in [-0.25, -0.2) is 4.98 Å². The van der Waals surface area contributed by atoms with Crippen molar-refractivity contribution < 1.29 is 9.90 Å². The van der Waals surface area contributed by atoms with E-state index in [2.05, 4.69) is 34.7 Å². The highest BCUT2D eigenvalue weighted by Gasteiger charge is 2.29. The molecule has 6 heteroatoms. The summed E-state index contributed by atoms with van der Waals surface area (Å²) in [6, 6.07) is 0. The van der Waals surface area contributed by atoms with Crippen molar-refractivity contribution in [3.63, 3.8) is 0 Å². The van der Waals surface area contributed by atoms with E-state index in [4.69, 9.17) is 0 Å². The minimum absolute atomic E-state index is 0.110. The van der Waals surface area contributed by atoms with Crippen molar-refractivity contribution in [3.05, 3.63) is 18.2 Å². The van der Waals surface area contributed by atoms with Crippen molar-refractivity contribution in [2.45, 2.75) is 58.1 Å². The van der Waals surface area contributed by atoms with Gasteiger partial charge in [-0.1, -0.05) is 13.8 Å². The van der Waals surface area contributed by atoms with Crippen molar-refractivity contribution in [1.82, 2.24) is 19.4 Å². The standard InChI is InChI=1S/C19H34N4O2/c1-15(2)14-17(24)19(25)23-11-6-16(7-12-23)18-20-8-13-22(18)10-5-9-21(3)4/h8,13,15-17,24H,5-7,9-12,14H2,1-4H3/t17-/m0/s1. The fourth-order valence-corrected chi connectivity index (χ4v) is 3.54. The second-order valence-electron chi connectivity index (χ2n) is 7.88. The average molecular weight is 351 g/mol. The number of carbonyl (C=O) groups excluding carboxylic acids is 1. The number of imidazole rings is 1. The zero-order valence-electron chi connectivity index (χ0n) is 16.2. The number of aromatic nitrogens is 2. The van der Waals surface area contributed by atoms with Gasteiger partial charge < -0.3 is 19.5 Å². The van der Waals surface area contributed by atoms with Crippen LogP contribution >= 0.6 is 0 Å². The Bertz CT molecular complexity index is 533. The molecule has 1 atom stereocenters. The van der Waals surface area contributed by atoms with Gasteiger partial charge in [-0.15, -0.1) is 0 Å². The summed E-state index contributed by atoms with van der Waals surface area (Å²) in [5.74, 6) is 1.77. The number of amides is 1. The van der Waals surface area contributed by atoms with Gasteiger partial charge in [-0.05, 0) is 52.2 Å². The number of nitrogens with zero attached hydrogens (tertiary/aromatic N) is 4. The molecule has 0 spiro atoms. The molecule has 0 aromatic carbocycles. The Morgan fingerprint density at radius 1 is 1.36 bits per heavy atom. The predicted molar refractivity (Wildman–Crippen MR) is 99.4 cm³/mol. The van der Waals surface area contributed by atoms with E-state index in [1.165, 1.54) is 0 Å². The Morgan fingerprint density at radius 3 is 2.64 bits per heavy atom. The highest BCUT2D eigenvalue weighted by Crippen LogP contribution is 2.27. The molecule has 0 saturated carbocycles. The third kappa shape index (κ3) is 5.82. The largest absolute Gasteiger partial charge is 0.383 e. The Labute approximate surface area is 151 Å². The molecular weight excluding hydrogens is 316 g/mol. The topological polar surface area (TPSA) is 61.6 Å². The third-order valence-corrected chi connectivity index (χ3v) is 4.90. The van der Waals surface area contributed by atoms with Gasteiger partial charge in [-0.3, -0.25) is 4.79 Å². The summed E-state index contributed by atoms with van der Waals surface area (Å²) in [4.78, 5) is 20.9. The maximum Gasteiger partial charge on any atom is 0.251 e. The number of aliphatic hydroxyl groups is 1. The highest BCUT2D eigenvalue weighted by molar-refractivity contribution is 5.80. The Kier molecular flexibility index (Phi) is 7.44. The van der Waals surface area contributed by atoms with Gasteiger partial charge in [0.2, 0.25) is 0 Å². The summed E-state index contributed by atoms with van der Waals surface area (Å²) < 4.78 is 2.26. The summed E-state index contributed by atoms with van der Waals surface area (Å²) in [6.45, 7) is 7.53. The van der Waals surface area contributed by atoms with Crippen LogP contribution in [0.25, 0.3) is 0 Å². The smallest absolute Gasteiger partial charge is 0.251 e. The fourth-order valence-electron chi connectivity index (χ4n) is 3.54. The van der Waals surface area contributed by atoms with Crippen LogP contribution in [0.1, 0.15) is 51.3 Å². The van der Waals surface area contributed by atoms with Crippen LogP contribution in [0.15, 0.2) is 12.4 Å². The number of aliphatic hydroxyl groups excluding tert-OH is 1. The molecule has 0 radical (unpaired) electrons. The predicted octanol–water partition coefficient (Wildman–Crippen LogP) is 1.95. The molecular formula is C19H34N4O2. The molecule has 1 aliphatic heterocycles. The lowest BCUT2D eigenvalue weighted by Gasteiger charge is -2.33. The van der Waals surface area contributed by atoms with Crippen molar-refractivity contribution in [2.75, 3.05) is 33.7 Å². The molecule has 1 saturated heterocycles. The minimum atomic E-state index is -0.857. The second kappa shape index (κ2) is 9.34. The van der Waals surface area contributed by atoms with Crippen LogP contribution in [0.2, 0.25) is 0 Å². The molecule has 1 fully saturated rings. The lowest BCUT2D eigenvalue weighted by molar-refractivity contribution is -0.142. The molecule has 2 heterocycles. The summed E-state index contributed by atoms with van der Waals surface area (Å²) in [5, 5.41) is 10.1. The van der Waals surface area contributed by atoms with E-state index in [1.807, 2.05) is 24.9 Å². The number of likely N-dealkylation sites (tertiary alicyclic amines) is 1. The molecule has 0 unspecified atom stereocenters. The van der Waals surface area contributed by atoms with Crippen LogP contribution in [0, 0.1) is 5.92 Å². The quantitative estimate of drug-likeness (QED) is 0.778. The SMILES string of the molecule is CC(C)C[C@H](O)C(=O)N1CCC(c2nccn2CCCN(C)C)CC1. The summed E-state index contributed by atoms with van der Waals surface area (Å²) >= 11 is 0. The number of hydrogen-bond acceptors (Lipinski definition) is 4. The van der Waals surface area contributed by atoms with Crippen LogP contribution in [-0.4, -0.2) is 70.2 Å². The van der Waals surface area contributed by atoms with Gasteiger partial charge >= 0.3 is 0 Å². The number of carbonyl (C=O) groups is 1. The van der Waals surface area contributed by atoms with E-state index in [0.717, 1.165) is 38.2 Å². The zero-order valence-corrected chi connectivity index (χ0v) is 16.2. The maximum atomic E-state index is 12.3. The zero-order chi connectivity index (χ0) is 18.4. The van der Waals surface area contributed by atoms with Crippen LogP contribution in [0.4, 0.5) is 0 Å². The maximum absolute atomic E-state index is 12.3. The molecule has 1 aromatic rings. The molecule has 142 valence electrons. The van der Waals surface area contributed by atoms with E-state index >= 15 is 0 Å². The van der Waals surface area contributed by atoms with E-state index in [1.54, 1.807) is 0 Å². The molecule has 0 aliphatic carbocycles. The third-order valence-electron chi connectivity index (χ3n) is 4.90. The van der Waals surface area contributed by atoms with Gasteiger partial charge in [-0.2, -0.15) is 0 Å². The van der Waals surface area contributed by atoms with Crippen LogP contribution < -0.4 is 0 Å². The van der Waals surface area contributed by atoms with E-state index < -0.39 is 6.10 Å². The van der Waals surface area contributed by atoms with Gasteiger partial charge in [0.1, 0.15) is 11.9 Å². The molecule has 1 aromatic heterocycles. The average Bonchev–Trinajstić information content (AvgIpc) is 3.02. The first-order chi connectivity index (χ1) is 11.9. The Balaban J connectivity index is 1.86. The number of hydrogen-bond donors (Lipinski definition) is 1. The first-order valence-corrected chi connectivity index (χ1v) is 9.51. The first kappa shape index (κ1) is 19.9. The summed E-state index contributed by atoms with van der Waals surface area (Å²) in [5.41, 5.74) is 0. The van der Waals surface area contributed by atoms with Crippen LogP contribution in [-0.2, 0) is 11.3 Å². The molecule has 0 bridgehead atoms. The number of rotatable bonds is 8. The van der Waals surface area contributed by atoms with E-state index in [9.17, 15) is 9.90 Å². The molecule has 25 heavy (non-hydrogen) atoms. The van der Waals surface area contributed by atoms with E-state index in [0.29, 0.717) is 31.3 Å². The van der Waals surface area contributed by atoms with Crippen molar-refractivity contribution in [3.8, 4) is 0 Å². The van der Waals surface area contributed by atoms with Crippen molar-refractivity contribution in [2.24, 2.45) is 5.92 Å². The second-order valence-corrected chi connectivity index (χ2v) is 7.88. The van der Waals surface area contributed by atoms with Gasteiger partial charge in [0.25, 0.3) is 5.91 Å². The monoisotopic (exact) mass is 350 g/mol. The van der Waals surface area contributed by atoms with Crippen molar-refractivity contribution >= 4 is 5.91 Å². The lowest BCUT2D eigenvalue weighted by atomic mass is 9.95. The number of piperidine rings is 1. The fraction of sp³-hybridized carbons (Fsp3) is 0.789. The lowest BCUT2D eigenvalue weighted by Crippen LogP contribution is -2.44. The van der Waals surface area contributed by atoms with Gasteiger partial charge in [0, 0.05) is 37.9 Å². The molecule has 6 nitrogen and oxygen atoms in total.